The lowest BCUT2D eigenvalue weighted by Gasteiger charge is -2.58. The van der Waals surface area contributed by atoms with Gasteiger partial charge in [0.15, 0.2) is 5.78 Å². The molecule has 0 aliphatic heterocycles. The zero-order valence-corrected chi connectivity index (χ0v) is 14.4. The lowest BCUT2D eigenvalue weighted by Crippen LogP contribution is -2.52. The van der Waals surface area contributed by atoms with Gasteiger partial charge in [0.1, 0.15) is 0 Å². The molecule has 4 aliphatic rings. The highest BCUT2D eigenvalue weighted by Crippen LogP contribution is 2.64. The summed E-state index contributed by atoms with van der Waals surface area (Å²) in [4.78, 5) is 12.6. The molecule has 0 amide bonds. The summed E-state index contributed by atoms with van der Waals surface area (Å²) in [5, 5.41) is 9.71. The number of rotatable bonds is 0. The fourth-order valence-corrected chi connectivity index (χ4v) is 6.98. The van der Waals surface area contributed by atoms with E-state index >= 15 is 0 Å². The molecule has 2 nitrogen and oxygen atoms in total. The van der Waals surface area contributed by atoms with Crippen molar-refractivity contribution in [2.75, 3.05) is 0 Å². The van der Waals surface area contributed by atoms with E-state index < -0.39 is 0 Å². The zero-order chi connectivity index (χ0) is 15.7. The van der Waals surface area contributed by atoms with Gasteiger partial charge in [-0.1, -0.05) is 26.0 Å². The minimum Gasteiger partial charge on any atom is -0.389 e. The topological polar surface area (TPSA) is 37.3 Å². The summed E-state index contributed by atoms with van der Waals surface area (Å²) in [5.41, 5.74) is 0.0333. The number of halogens is 1. The van der Waals surface area contributed by atoms with Crippen LogP contribution >= 0.6 is 11.6 Å². The molecule has 0 bridgehead atoms. The summed E-state index contributed by atoms with van der Waals surface area (Å²) >= 11 is 6.35. The van der Waals surface area contributed by atoms with Crippen LogP contribution in [0.4, 0.5) is 0 Å². The molecule has 3 heteroatoms. The van der Waals surface area contributed by atoms with Gasteiger partial charge in [0.05, 0.1) is 11.5 Å². The molecular formula is C19H27ClO2. The molecule has 122 valence electrons. The highest BCUT2D eigenvalue weighted by Gasteiger charge is 2.61. The van der Waals surface area contributed by atoms with Crippen LogP contribution in [0.5, 0.6) is 0 Å². The van der Waals surface area contributed by atoms with Crippen LogP contribution in [0, 0.1) is 34.5 Å². The van der Waals surface area contributed by atoms with E-state index in [-0.39, 0.29) is 22.3 Å². The van der Waals surface area contributed by atoms with E-state index in [1.165, 1.54) is 12.8 Å². The van der Waals surface area contributed by atoms with E-state index in [9.17, 15) is 9.90 Å². The second kappa shape index (κ2) is 4.83. The molecule has 0 aromatic heterocycles. The second-order valence-corrected chi connectivity index (χ2v) is 9.23. The first kappa shape index (κ1) is 15.2. The molecule has 0 radical (unpaired) electrons. The number of allylic oxidation sites excluding steroid dienone is 1. The standard InChI is InChI=1S/C19H27ClO2/c1-18-7-5-12(21)9-11(18)3-4-13-14(18)6-8-19(2)15(13)10-16(20)17(19)22/h5,7,11-16,21H,3-4,6,8-10H2,1-2H3/t11?,12?,13-,14-,15+,16?,18+,19+/m1/s1. The molecule has 3 fully saturated rings. The van der Waals surface area contributed by atoms with Gasteiger partial charge in [0, 0.05) is 5.41 Å². The highest BCUT2D eigenvalue weighted by atomic mass is 35.5. The van der Waals surface area contributed by atoms with E-state index in [1.54, 1.807) is 0 Å². The number of hydrogen-bond donors (Lipinski definition) is 1. The first-order chi connectivity index (χ1) is 10.4. The van der Waals surface area contributed by atoms with Crippen molar-refractivity contribution >= 4 is 17.4 Å². The normalized spacial score (nSPS) is 57.2. The van der Waals surface area contributed by atoms with Gasteiger partial charge in [-0.05, 0) is 67.6 Å². The van der Waals surface area contributed by atoms with E-state index in [1.807, 2.05) is 6.08 Å². The first-order valence-electron chi connectivity index (χ1n) is 8.92. The van der Waals surface area contributed by atoms with Crippen LogP contribution in [0.1, 0.15) is 52.4 Å². The summed E-state index contributed by atoms with van der Waals surface area (Å²) in [6.07, 6.45) is 10.4. The summed E-state index contributed by atoms with van der Waals surface area (Å²) in [5.74, 6) is 2.66. The van der Waals surface area contributed by atoms with Crippen LogP contribution in [-0.2, 0) is 4.79 Å². The van der Waals surface area contributed by atoms with Gasteiger partial charge >= 0.3 is 0 Å². The molecule has 0 heterocycles. The van der Waals surface area contributed by atoms with Crippen LogP contribution in [0.3, 0.4) is 0 Å². The maximum atomic E-state index is 12.6. The molecule has 22 heavy (non-hydrogen) atoms. The quantitative estimate of drug-likeness (QED) is 0.541. The third kappa shape index (κ3) is 1.86. The summed E-state index contributed by atoms with van der Waals surface area (Å²) in [6, 6.07) is 0. The summed E-state index contributed by atoms with van der Waals surface area (Å²) in [6.45, 7) is 4.57. The van der Waals surface area contributed by atoms with Gasteiger partial charge in [0.2, 0.25) is 0 Å². The number of carbonyl (C=O) groups is 1. The van der Waals surface area contributed by atoms with Crippen molar-refractivity contribution in [3.8, 4) is 0 Å². The molecule has 8 atom stereocenters. The zero-order valence-electron chi connectivity index (χ0n) is 13.6. The Hall–Kier alpha value is -0.340. The molecule has 3 unspecified atom stereocenters. The van der Waals surface area contributed by atoms with Crippen LogP contribution in [0.25, 0.3) is 0 Å². The van der Waals surface area contributed by atoms with Crippen molar-refractivity contribution in [3.63, 3.8) is 0 Å². The number of Topliss-reactive ketones (excluding diaryl/α,β-unsaturated/α-hetero) is 1. The Morgan fingerprint density at radius 2 is 1.95 bits per heavy atom. The summed E-state index contributed by atoms with van der Waals surface area (Å²) < 4.78 is 0. The van der Waals surface area contributed by atoms with Gasteiger partial charge in [-0.3, -0.25) is 4.79 Å². The SMILES string of the molecule is C[C@]12C=CC(O)CC1CC[C@@H]1[C@H]2CC[C@]2(C)C(=O)C(Cl)C[C@@H]12. The molecule has 4 rings (SSSR count). The summed E-state index contributed by atoms with van der Waals surface area (Å²) in [7, 11) is 0. The Balaban J connectivity index is 1.68. The van der Waals surface area contributed by atoms with E-state index in [4.69, 9.17) is 11.6 Å². The van der Waals surface area contributed by atoms with E-state index in [2.05, 4.69) is 19.9 Å². The molecule has 0 aromatic rings. The maximum absolute atomic E-state index is 12.6. The molecule has 3 saturated carbocycles. The van der Waals surface area contributed by atoms with Crippen molar-refractivity contribution in [2.24, 2.45) is 34.5 Å². The number of aliphatic hydroxyl groups excluding tert-OH is 1. The Morgan fingerprint density at radius 1 is 1.18 bits per heavy atom. The molecular weight excluding hydrogens is 296 g/mol. The third-order valence-electron chi connectivity index (χ3n) is 7.87. The number of carbonyl (C=O) groups excluding carboxylic acids is 1. The average Bonchev–Trinajstić information content (AvgIpc) is 2.72. The van der Waals surface area contributed by atoms with Gasteiger partial charge in [-0.15, -0.1) is 11.6 Å². The van der Waals surface area contributed by atoms with Crippen LogP contribution in [-0.4, -0.2) is 22.4 Å². The minimum atomic E-state index is -0.261. The Bertz CT molecular complexity index is 530. The van der Waals surface area contributed by atoms with E-state index in [0.717, 1.165) is 25.7 Å². The fourth-order valence-electron chi connectivity index (χ4n) is 6.54. The molecule has 0 aromatic carbocycles. The number of hydrogen-bond acceptors (Lipinski definition) is 2. The predicted molar refractivity (Wildman–Crippen MR) is 87.7 cm³/mol. The van der Waals surface area contributed by atoms with Crippen LogP contribution in [0.15, 0.2) is 12.2 Å². The number of alkyl halides is 1. The van der Waals surface area contributed by atoms with Gasteiger partial charge in [-0.2, -0.15) is 0 Å². The van der Waals surface area contributed by atoms with Crippen molar-refractivity contribution in [1.29, 1.82) is 0 Å². The predicted octanol–water partition coefficient (Wildman–Crippen LogP) is 3.95. The van der Waals surface area contributed by atoms with Crippen molar-refractivity contribution < 1.29 is 9.90 Å². The third-order valence-corrected chi connectivity index (χ3v) is 8.24. The molecule has 4 aliphatic carbocycles. The van der Waals surface area contributed by atoms with Crippen molar-refractivity contribution in [2.45, 2.75) is 63.9 Å². The van der Waals surface area contributed by atoms with Crippen molar-refractivity contribution in [1.82, 2.24) is 0 Å². The molecule has 0 saturated heterocycles. The molecule has 0 spiro atoms. The molecule has 1 N–H and O–H groups in total. The monoisotopic (exact) mass is 322 g/mol. The minimum absolute atomic E-state index is 0.172. The number of aliphatic hydroxyl groups is 1. The maximum Gasteiger partial charge on any atom is 0.156 e. The van der Waals surface area contributed by atoms with Gasteiger partial charge in [-0.25, -0.2) is 0 Å². The highest BCUT2D eigenvalue weighted by molar-refractivity contribution is 6.32. The Morgan fingerprint density at radius 3 is 2.73 bits per heavy atom. The van der Waals surface area contributed by atoms with Gasteiger partial charge in [0.25, 0.3) is 0 Å². The first-order valence-corrected chi connectivity index (χ1v) is 9.35. The van der Waals surface area contributed by atoms with Crippen molar-refractivity contribution in [3.05, 3.63) is 12.2 Å². The smallest absolute Gasteiger partial charge is 0.156 e. The lowest BCUT2D eigenvalue weighted by molar-refractivity contribution is -0.134. The largest absolute Gasteiger partial charge is 0.389 e. The fraction of sp³-hybridized carbons (Fsp3) is 0.842. The van der Waals surface area contributed by atoms with Gasteiger partial charge < -0.3 is 5.11 Å². The van der Waals surface area contributed by atoms with Crippen LogP contribution in [0.2, 0.25) is 0 Å². The number of ketones is 1. The average molecular weight is 323 g/mol. The second-order valence-electron chi connectivity index (χ2n) is 8.70. The lowest BCUT2D eigenvalue weighted by atomic mass is 9.46. The van der Waals surface area contributed by atoms with Crippen LogP contribution < -0.4 is 0 Å². The Labute approximate surface area is 138 Å². The number of fused-ring (bicyclic) bond motifs is 5. The Kier molecular flexibility index (Phi) is 3.34. The van der Waals surface area contributed by atoms with E-state index in [0.29, 0.717) is 29.5 Å².